The van der Waals surface area contributed by atoms with Gasteiger partial charge in [-0.2, -0.15) is 5.53 Å². The number of nitrogens with zero attached hydrogens (tertiary/aromatic N) is 1. The van der Waals surface area contributed by atoms with Crippen molar-refractivity contribution in [2.24, 2.45) is 5.92 Å². The van der Waals surface area contributed by atoms with Crippen molar-refractivity contribution in [3.63, 3.8) is 0 Å². The molecule has 0 saturated carbocycles. The summed E-state index contributed by atoms with van der Waals surface area (Å²) in [6, 6.07) is -1.09. The first-order valence-corrected chi connectivity index (χ1v) is 6.46. The second-order valence-corrected chi connectivity index (χ2v) is 4.59. The molecule has 10 nitrogen and oxygen atoms in total. The third kappa shape index (κ3) is 5.94. The zero-order valence-electron chi connectivity index (χ0n) is 11.3. The fraction of sp³-hybridized carbons (Fsp3) is 0.727. The molecule has 1 amide bonds. The van der Waals surface area contributed by atoms with Crippen LogP contribution in [0.25, 0.3) is 0 Å². The number of aliphatic carboxylic acids is 2. The number of hydrogen-bond acceptors (Lipinski definition) is 6. The molecule has 5 N–H and O–H groups in total. The lowest BCUT2D eigenvalue weighted by Crippen LogP contribution is -2.56. The largest absolute Gasteiger partial charge is 0.481 e. The van der Waals surface area contributed by atoms with E-state index in [9.17, 15) is 14.4 Å². The lowest BCUT2D eigenvalue weighted by atomic mass is 9.97. The van der Waals surface area contributed by atoms with Gasteiger partial charge in [0.25, 0.3) is 0 Å². The van der Waals surface area contributed by atoms with Gasteiger partial charge < -0.3 is 20.1 Å². The lowest BCUT2D eigenvalue weighted by Gasteiger charge is -2.25. The van der Waals surface area contributed by atoms with E-state index in [1.54, 1.807) is 0 Å². The van der Waals surface area contributed by atoms with Crippen molar-refractivity contribution in [3.8, 4) is 0 Å². The molecule has 0 bridgehead atoms. The Morgan fingerprint density at radius 3 is 2.29 bits per heavy atom. The number of carboxylic acid groups (broad SMARTS) is 3. The Morgan fingerprint density at radius 1 is 1.00 bits per heavy atom. The molecule has 1 saturated heterocycles. The van der Waals surface area contributed by atoms with Crippen molar-refractivity contribution >= 4 is 18.0 Å². The van der Waals surface area contributed by atoms with Crippen LogP contribution in [0.3, 0.4) is 0 Å². The molecule has 0 spiro atoms. The van der Waals surface area contributed by atoms with Gasteiger partial charge in [0.05, 0.1) is 19.1 Å². The molecule has 1 aliphatic rings. The Labute approximate surface area is 120 Å². The average molecular weight is 305 g/mol. The first-order valence-electron chi connectivity index (χ1n) is 6.46. The Balaban J connectivity index is 2.71. The van der Waals surface area contributed by atoms with Crippen molar-refractivity contribution in [1.29, 1.82) is 0 Å². The highest BCUT2D eigenvalue weighted by Crippen LogP contribution is 2.14. The fourth-order valence-electron chi connectivity index (χ4n) is 1.86. The minimum atomic E-state index is -1.28. The van der Waals surface area contributed by atoms with Gasteiger partial charge in [0.1, 0.15) is 6.04 Å². The highest BCUT2D eigenvalue weighted by atomic mass is 16.5. The Bertz CT molecular complexity index is 362. The fourth-order valence-corrected chi connectivity index (χ4v) is 1.86. The first kappa shape index (κ1) is 17.1. The van der Waals surface area contributed by atoms with Gasteiger partial charge in [0.2, 0.25) is 0 Å². The molecule has 2 atom stereocenters. The number of amides is 1. The molecular weight excluding hydrogens is 286 g/mol. The molecule has 0 aromatic rings. The van der Waals surface area contributed by atoms with E-state index in [-0.39, 0.29) is 39.0 Å². The van der Waals surface area contributed by atoms with Gasteiger partial charge in [0.15, 0.2) is 0 Å². The number of rotatable bonds is 2. The van der Waals surface area contributed by atoms with Gasteiger partial charge in [0, 0.05) is 6.61 Å². The third-order valence-corrected chi connectivity index (χ3v) is 3.13. The van der Waals surface area contributed by atoms with Crippen LogP contribution in [0.1, 0.15) is 19.3 Å². The highest BCUT2D eigenvalue weighted by molar-refractivity contribution is 5.74. The second kappa shape index (κ2) is 8.39. The molecule has 21 heavy (non-hydrogen) atoms. The van der Waals surface area contributed by atoms with Gasteiger partial charge in [-0.05, 0) is 19.3 Å². The van der Waals surface area contributed by atoms with Crippen LogP contribution in [0.5, 0.6) is 0 Å². The number of carbonyl (C=O) groups is 3. The summed E-state index contributed by atoms with van der Waals surface area (Å²) in [5.74, 6) is -2.88. The normalized spacial score (nSPS) is 25.4. The van der Waals surface area contributed by atoms with Crippen molar-refractivity contribution < 1.29 is 34.4 Å². The van der Waals surface area contributed by atoms with Crippen molar-refractivity contribution in [1.82, 2.24) is 16.0 Å². The summed E-state index contributed by atoms with van der Waals surface area (Å²) in [6.07, 6.45) is -0.831. The molecule has 120 valence electrons. The molecule has 0 aliphatic carbocycles. The summed E-state index contributed by atoms with van der Waals surface area (Å²) in [6.45, 7) is 0.229. The first-order chi connectivity index (χ1) is 9.91. The van der Waals surface area contributed by atoms with Crippen molar-refractivity contribution in [2.45, 2.75) is 25.3 Å². The minimum absolute atomic E-state index is 0.0214. The smallest absolute Gasteiger partial charge is 0.422 e. The van der Waals surface area contributed by atoms with E-state index in [0.29, 0.717) is 0 Å². The van der Waals surface area contributed by atoms with Gasteiger partial charge in [-0.3, -0.25) is 9.59 Å². The van der Waals surface area contributed by atoms with Crippen LogP contribution in [0.15, 0.2) is 0 Å². The molecule has 10 heteroatoms. The maximum Gasteiger partial charge on any atom is 0.422 e. The van der Waals surface area contributed by atoms with Crippen molar-refractivity contribution in [2.75, 3.05) is 19.8 Å². The van der Waals surface area contributed by atoms with Crippen LogP contribution >= 0.6 is 0 Å². The standard InChI is InChI=1S/C11H19N3O7/c15-9(16)7-1-2-8(10(17)18)12-13-14(11(19)20)4-6-21-5-3-7/h7-8,12-13H,1-6H2,(H,15,16)(H,17,18)(H,19,20). The summed E-state index contributed by atoms with van der Waals surface area (Å²) >= 11 is 0. The molecule has 0 aromatic carbocycles. The van der Waals surface area contributed by atoms with Gasteiger partial charge in [-0.15, -0.1) is 0 Å². The van der Waals surface area contributed by atoms with E-state index in [1.807, 2.05) is 0 Å². The summed E-state index contributed by atoms with van der Waals surface area (Å²) in [5.41, 5.74) is 4.66. The Morgan fingerprint density at radius 2 is 1.71 bits per heavy atom. The summed E-state index contributed by atoms with van der Waals surface area (Å²) in [7, 11) is 0. The van der Waals surface area contributed by atoms with E-state index < -0.39 is 30.0 Å². The number of hydrogen-bond donors (Lipinski definition) is 5. The van der Waals surface area contributed by atoms with Crippen LogP contribution < -0.4 is 11.0 Å². The summed E-state index contributed by atoms with van der Waals surface area (Å²) in [4.78, 5) is 33.1. The molecule has 2 unspecified atom stereocenters. The van der Waals surface area contributed by atoms with Gasteiger partial charge in [-0.1, -0.05) is 0 Å². The van der Waals surface area contributed by atoms with E-state index in [2.05, 4.69) is 11.0 Å². The molecule has 0 radical (unpaired) electrons. The number of carboxylic acids is 2. The van der Waals surface area contributed by atoms with Crippen LogP contribution in [-0.2, 0) is 14.3 Å². The maximum atomic E-state index is 11.1. The SMILES string of the molecule is O=C(O)C1CCOCCN(C(=O)O)NNC(C(=O)O)CC1. The lowest BCUT2D eigenvalue weighted by molar-refractivity contribution is -0.145. The predicted octanol–water partition coefficient (Wildman–Crippen LogP) is -0.670. The molecule has 1 rings (SSSR count). The highest BCUT2D eigenvalue weighted by Gasteiger charge is 2.25. The quantitative estimate of drug-likeness (QED) is 0.447. The van der Waals surface area contributed by atoms with Crippen LogP contribution in [0.2, 0.25) is 0 Å². The second-order valence-electron chi connectivity index (χ2n) is 4.59. The zero-order valence-corrected chi connectivity index (χ0v) is 11.3. The number of ether oxygens (including phenoxy) is 1. The number of nitrogens with one attached hydrogen (secondary N) is 2. The summed E-state index contributed by atoms with van der Waals surface area (Å²) < 4.78 is 5.19. The van der Waals surface area contributed by atoms with E-state index in [0.717, 1.165) is 5.01 Å². The van der Waals surface area contributed by atoms with Gasteiger partial charge >= 0.3 is 18.0 Å². The van der Waals surface area contributed by atoms with Crippen LogP contribution in [0, 0.1) is 5.92 Å². The van der Waals surface area contributed by atoms with Gasteiger partial charge in [-0.25, -0.2) is 15.2 Å². The molecular formula is C11H19N3O7. The van der Waals surface area contributed by atoms with Crippen LogP contribution in [0.4, 0.5) is 4.79 Å². The summed E-state index contributed by atoms with van der Waals surface area (Å²) in [5, 5.41) is 27.8. The average Bonchev–Trinajstić information content (AvgIpc) is 2.38. The molecule has 1 aliphatic heterocycles. The topological polar surface area (TPSA) is 148 Å². The molecule has 1 fully saturated rings. The third-order valence-electron chi connectivity index (χ3n) is 3.13. The zero-order chi connectivity index (χ0) is 15.8. The van der Waals surface area contributed by atoms with E-state index in [4.69, 9.17) is 20.1 Å². The monoisotopic (exact) mass is 305 g/mol. The number of hydrazine groups is 2. The van der Waals surface area contributed by atoms with Crippen LogP contribution in [-0.4, -0.2) is 64.2 Å². The molecule has 0 aromatic heterocycles. The predicted molar refractivity (Wildman–Crippen MR) is 68.2 cm³/mol. The van der Waals surface area contributed by atoms with E-state index in [1.165, 1.54) is 0 Å². The maximum absolute atomic E-state index is 11.1. The van der Waals surface area contributed by atoms with Crippen molar-refractivity contribution in [3.05, 3.63) is 0 Å². The molecule has 1 heterocycles. The Kier molecular flexibility index (Phi) is 6.85. The van der Waals surface area contributed by atoms with E-state index >= 15 is 0 Å². The Hall–Kier alpha value is -1.91. The minimum Gasteiger partial charge on any atom is -0.481 e.